The van der Waals surface area contributed by atoms with Crippen LogP contribution in [0.15, 0.2) is 47.3 Å². The number of nitrogens with zero attached hydrogens (tertiary/aromatic N) is 1. The van der Waals surface area contributed by atoms with Gasteiger partial charge in [-0.25, -0.2) is 13.8 Å². The summed E-state index contributed by atoms with van der Waals surface area (Å²) in [6.07, 6.45) is 6.84. The Morgan fingerprint density at radius 1 is 1.08 bits per heavy atom. The van der Waals surface area contributed by atoms with Crippen molar-refractivity contribution in [3.05, 3.63) is 81.5 Å². The third-order valence-electron chi connectivity index (χ3n) is 5.64. The molecular formula is C28H25F2N3O4. The maximum absolute atomic E-state index is 14.1. The number of nitrogens with one attached hydrogen (secondary N) is 2. The van der Waals surface area contributed by atoms with Gasteiger partial charge in [0.05, 0.1) is 17.7 Å². The lowest BCUT2D eigenvalue weighted by Crippen LogP contribution is -2.12. The summed E-state index contributed by atoms with van der Waals surface area (Å²) in [5.74, 6) is 1.31. The number of hydrogen-bond acceptors (Lipinski definition) is 5. The maximum atomic E-state index is 14.1. The molecule has 0 amide bonds. The molecule has 0 spiro atoms. The Balaban J connectivity index is 1.77. The lowest BCUT2D eigenvalue weighted by Gasteiger charge is -2.08. The number of terminal acetylenes is 1. The van der Waals surface area contributed by atoms with E-state index < -0.39 is 23.0 Å². The first kappa shape index (κ1) is 25.8. The van der Waals surface area contributed by atoms with E-state index in [1.54, 1.807) is 24.3 Å². The molecule has 0 atom stereocenters. The maximum Gasteiger partial charge on any atom is 0.261 e. The molecule has 2 heterocycles. The van der Waals surface area contributed by atoms with Crippen molar-refractivity contribution in [3.8, 4) is 29.2 Å². The minimum absolute atomic E-state index is 0.0104. The molecule has 0 saturated carbocycles. The van der Waals surface area contributed by atoms with Gasteiger partial charge in [0, 0.05) is 36.6 Å². The third kappa shape index (κ3) is 5.93. The first-order valence-electron chi connectivity index (χ1n) is 11.8. The van der Waals surface area contributed by atoms with E-state index >= 15 is 0 Å². The fraction of sp³-hybridized carbons (Fsp3) is 0.250. The van der Waals surface area contributed by atoms with Gasteiger partial charge >= 0.3 is 0 Å². The van der Waals surface area contributed by atoms with Crippen LogP contribution in [0.3, 0.4) is 0 Å². The van der Waals surface area contributed by atoms with E-state index in [4.69, 9.17) is 15.9 Å². The number of ether oxygens (including phenoxy) is 2. The molecule has 0 saturated heterocycles. The number of hydrogen-bond donors (Lipinski definition) is 2. The van der Waals surface area contributed by atoms with Gasteiger partial charge < -0.3 is 19.4 Å². The predicted octanol–water partition coefficient (Wildman–Crippen LogP) is 4.80. The average molecular weight is 506 g/mol. The highest BCUT2D eigenvalue weighted by Gasteiger charge is 2.24. The van der Waals surface area contributed by atoms with Crippen molar-refractivity contribution in [2.75, 3.05) is 19.8 Å². The van der Waals surface area contributed by atoms with Crippen molar-refractivity contribution in [1.82, 2.24) is 15.0 Å². The van der Waals surface area contributed by atoms with Crippen molar-refractivity contribution in [2.45, 2.75) is 26.2 Å². The number of aromatic nitrogens is 3. The fourth-order valence-corrected chi connectivity index (χ4v) is 3.99. The third-order valence-corrected chi connectivity index (χ3v) is 5.64. The summed E-state index contributed by atoms with van der Waals surface area (Å²) >= 11 is 0. The second-order valence-corrected chi connectivity index (χ2v) is 8.23. The number of unbranched alkanes of at least 4 members (excludes halogenated alkanes) is 1. The minimum atomic E-state index is -0.841. The van der Waals surface area contributed by atoms with Crippen LogP contribution in [0.2, 0.25) is 0 Å². The molecule has 190 valence electrons. The summed E-state index contributed by atoms with van der Waals surface area (Å²) in [5, 5.41) is 0.0323. The van der Waals surface area contributed by atoms with Crippen molar-refractivity contribution < 1.29 is 23.0 Å². The Morgan fingerprint density at radius 2 is 1.81 bits per heavy atom. The topological polar surface area (TPSA) is 97.1 Å². The summed E-state index contributed by atoms with van der Waals surface area (Å²) in [7, 11) is 0. The Labute approximate surface area is 211 Å². The van der Waals surface area contributed by atoms with E-state index in [2.05, 4.69) is 20.9 Å². The van der Waals surface area contributed by atoms with Crippen molar-refractivity contribution >= 4 is 16.8 Å². The van der Waals surface area contributed by atoms with Crippen LogP contribution in [0.5, 0.6) is 5.75 Å². The molecule has 2 aromatic heterocycles. The monoisotopic (exact) mass is 505 g/mol. The predicted molar refractivity (Wildman–Crippen MR) is 136 cm³/mol. The number of carbonyl (C=O) groups excluding carboxylic acids is 1. The molecule has 2 N–H and O–H groups in total. The lowest BCUT2D eigenvalue weighted by atomic mass is 9.98. The zero-order valence-electron chi connectivity index (χ0n) is 20.2. The Morgan fingerprint density at radius 3 is 2.49 bits per heavy atom. The molecule has 0 bridgehead atoms. The molecule has 0 aliphatic heterocycles. The largest absolute Gasteiger partial charge is 0.491 e. The van der Waals surface area contributed by atoms with Crippen LogP contribution < -0.4 is 10.3 Å². The molecule has 4 rings (SSSR count). The number of fused-ring (bicyclic) bond motifs is 1. The van der Waals surface area contributed by atoms with Crippen LogP contribution in [0, 0.1) is 24.0 Å². The van der Waals surface area contributed by atoms with Crippen molar-refractivity contribution in [3.63, 3.8) is 0 Å². The smallest absolute Gasteiger partial charge is 0.261 e. The zero-order chi connectivity index (χ0) is 26.4. The molecule has 0 aliphatic rings. The molecule has 2 aromatic carbocycles. The van der Waals surface area contributed by atoms with Crippen LogP contribution in [-0.2, 0) is 11.2 Å². The zero-order valence-corrected chi connectivity index (χ0v) is 20.2. The highest BCUT2D eigenvalue weighted by Crippen LogP contribution is 2.32. The van der Waals surface area contributed by atoms with Gasteiger partial charge in [-0.3, -0.25) is 9.59 Å². The fourth-order valence-electron chi connectivity index (χ4n) is 3.99. The van der Waals surface area contributed by atoms with E-state index in [-0.39, 0.29) is 33.4 Å². The summed E-state index contributed by atoms with van der Waals surface area (Å²) in [4.78, 5) is 36.7. The van der Waals surface area contributed by atoms with Gasteiger partial charge in [-0.1, -0.05) is 0 Å². The van der Waals surface area contributed by atoms with Crippen LogP contribution in [-0.4, -0.2) is 40.6 Å². The molecule has 0 fully saturated rings. The Hall–Kier alpha value is -4.29. The van der Waals surface area contributed by atoms with Crippen LogP contribution in [0.1, 0.15) is 41.6 Å². The molecule has 37 heavy (non-hydrogen) atoms. The van der Waals surface area contributed by atoms with Gasteiger partial charge in [0.2, 0.25) is 5.78 Å². The second-order valence-electron chi connectivity index (χ2n) is 8.23. The van der Waals surface area contributed by atoms with Crippen LogP contribution >= 0.6 is 0 Å². The number of aryl methyl sites for hydroxylation is 1. The van der Waals surface area contributed by atoms with E-state index in [0.29, 0.717) is 50.7 Å². The highest BCUT2D eigenvalue weighted by atomic mass is 19.1. The molecule has 9 heteroatoms. The van der Waals surface area contributed by atoms with E-state index in [9.17, 15) is 18.4 Å². The van der Waals surface area contributed by atoms with Crippen molar-refractivity contribution in [1.29, 1.82) is 0 Å². The Kier molecular flexibility index (Phi) is 8.11. The molecule has 0 radical (unpaired) electrons. The minimum Gasteiger partial charge on any atom is -0.491 e. The van der Waals surface area contributed by atoms with Crippen LogP contribution in [0.25, 0.3) is 22.2 Å². The quantitative estimate of drug-likeness (QED) is 0.173. The molecule has 0 unspecified atom stereocenters. The van der Waals surface area contributed by atoms with Gasteiger partial charge in [-0.15, -0.1) is 12.3 Å². The first-order valence-corrected chi connectivity index (χ1v) is 11.8. The summed E-state index contributed by atoms with van der Waals surface area (Å²) in [5.41, 5.74) is -0.0156. The number of rotatable bonds is 11. The molecule has 0 aliphatic carbocycles. The highest BCUT2D eigenvalue weighted by molar-refractivity contribution is 6.16. The van der Waals surface area contributed by atoms with Gasteiger partial charge in [-0.2, -0.15) is 0 Å². The Bertz CT molecular complexity index is 1500. The number of carbonyl (C=O) groups is 1. The van der Waals surface area contributed by atoms with Gasteiger partial charge in [-0.05, 0) is 55.3 Å². The lowest BCUT2D eigenvalue weighted by molar-refractivity contribution is 0.103. The van der Waals surface area contributed by atoms with Crippen molar-refractivity contribution in [2.24, 2.45) is 0 Å². The van der Waals surface area contributed by atoms with E-state index in [1.165, 1.54) is 0 Å². The number of benzene rings is 2. The summed E-state index contributed by atoms with van der Waals surface area (Å²) in [6, 6.07) is 9.27. The summed E-state index contributed by atoms with van der Waals surface area (Å²) in [6.45, 7) is 3.27. The van der Waals surface area contributed by atoms with Gasteiger partial charge in [0.1, 0.15) is 35.5 Å². The average Bonchev–Trinajstić information content (AvgIpc) is 3.26. The SMILES string of the molecule is C#CCCCc1nc2[nH]c(C(=O)c3ccc(OCCOCC)cc3)c(-c3cc(F)cc(F)c3)c2c(=O)[nH]1. The standard InChI is InChI=1S/C28H25F2N3O4/c1-3-5-6-7-22-31-27-24(28(35)32-22)23(18-14-19(29)16-20(30)15-18)25(33-27)26(34)17-8-10-21(11-9-17)37-13-12-36-4-2/h1,8-11,14-16H,4-7,12-13H2,2H3,(H2,31,32,33,35). The normalized spacial score (nSPS) is 11.0. The molecule has 4 aromatic rings. The number of ketones is 1. The number of H-pyrrole nitrogens is 2. The molecule has 7 nitrogen and oxygen atoms in total. The summed E-state index contributed by atoms with van der Waals surface area (Å²) < 4.78 is 39.1. The van der Waals surface area contributed by atoms with E-state index in [1.807, 2.05) is 6.92 Å². The van der Waals surface area contributed by atoms with E-state index in [0.717, 1.165) is 18.2 Å². The number of halogens is 2. The number of aromatic amines is 2. The van der Waals surface area contributed by atoms with Gasteiger partial charge in [0.15, 0.2) is 0 Å². The van der Waals surface area contributed by atoms with Gasteiger partial charge in [0.25, 0.3) is 5.56 Å². The van der Waals surface area contributed by atoms with Crippen LogP contribution in [0.4, 0.5) is 8.78 Å². The first-order chi connectivity index (χ1) is 17.9. The molecular weight excluding hydrogens is 480 g/mol. The second kappa shape index (κ2) is 11.6.